The van der Waals surface area contributed by atoms with Crippen molar-refractivity contribution in [2.24, 2.45) is 5.92 Å². The number of hydrogen-bond acceptors (Lipinski definition) is 4. The molecule has 0 aliphatic heterocycles. The van der Waals surface area contributed by atoms with Gasteiger partial charge in [0.2, 0.25) is 0 Å². The number of hydrogen-bond donors (Lipinski definition) is 1. The fourth-order valence-corrected chi connectivity index (χ4v) is 3.14. The van der Waals surface area contributed by atoms with E-state index in [1.165, 1.54) is 19.3 Å². The first-order valence-corrected chi connectivity index (χ1v) is 8.09. The molecule has 1 aliphatic carbocycles. The lowest BCUT2D eigenvalue weighted by molar-refractivity contribution is -0.149. The predicted octanol–water partition coefficient (Wildman–Crippen LogP) is 3.81. The maximum absolute atomic E-state index is 13.9. The van der Waals surface area contributed by atoms with Crippen molar-refractivity contribution in [2.75, 3.05) is 12.4 Å². The zero-order valence-electron chi connectivity index (χ0n) is 14.0. The average Bonchev–Trinajstić information content (AvgIpc) is 2.64. The molecule has 0 amide bonds. The molecule has 6 heteroatoms. The van der Waals surface area contributed by atoms with Crippen LogP contribution in [0.5, 0.6) is 0 Å². The summed E-state index contributed by atoms with van der Waals surface area (Å²) in [5.74, 6) is -3.85. The molecule has 4 nitrogen and oxygen atoms in total. The van der Waals surface area contributed by atoms with Gasteiger partial charge in [-0.2, -0.15) is 0 Å². The first-order valence-electron chi connectivity index (χ1n) is 8.09. The molecule has 2 atom stereocenters. The lowest BCUT2D eigenvalue weighted by Crippen LogP contribution is -2.34. The number of ether oxygens (including phenoxy) is 1. The molecule has 0 saturated carbocycles. The molecule has 0 bridgehead atoms. The standard InChI is InChI=1S/C20H17F2NO3/c1-26-20(25)19-15(12-5-3-2-4-6-12)10-14(11-18(19)24)23-17-8-7-13(21)9-16(17)22/h2-9,11,15,19,23H,10H2,1H3/t15-,19-/m0/s1. The van der Waals surface area contributed by atoms with E-state index < -0.39 is 35.2 Å². The fraction of sp³-hybridized carbons (Fsp3) is 0.200. The summed E-state index contributed by atoms with van der Waals surface area (Å²) in [6, 6.07) is 12.3. The number of nitrogens with one attached hydrogen (secondary N) is 1. The lowest BCUT2D eigenvalue weighted by atomic mass is 9.76. The summed E-state index contributed by atoms with van der Waals surface area (Å²) in [4.78, 5) is 24.7. The van der Waals surface area contributed by atoms with Crippen molar-refractivity contribution in [2.45, 2.75) is 12.3 Å². The van der Waals surface area contributed by atoms with Gasteiger partial charge in [0.05, 0.1) is 12.8 Å². The number of ketones is 1. The second kappa shape index (κ2) is 7.47. The first kappa shape index (κ1) is 17.8. The van der Waals surface area contributed by atoms with E-state index in [4.69, 9.17) is 4.74 Å². The minimum atomic E-state index is -0.953. The second-order valence-electron chi connectivity index (χ2n) is 6.04. The molecule has 0 saturated heterocycles. The van der Waals surface area contributed by atoms with Gasteiger partial charge in [0, 0.05) is 23.8 Å². The molecule has 0 radical (unpaired) electrons. The topological polar surface area (TPSA) is 55.4 Å². The van der Waals surface area contributed by atoms with Gasteiger partial charge in [-0.1, -0.05) is 30.3 Å². The summed E-state index contributed by atoms with van der Waals surface area (Å²) in [6.07, 6.45) is 1.59. The smallest absolute Gasteiger partial charge is 0.317 e. The molecule has 0 spiro atoms. The number of esters is 1. The quantitative estimate of drug-likeness (QED) is 0.668. The van der Waals surface area contributed by atoms with Gasteiger partial charge >= 0.3 is 5.97 Å². The van der Waals surface area contributed by atoms with E-state index >= 15 is 0 Å². The number of allylic oxidation sites excluding steroid dienone is 2. The van der Waals surface area contributed by atoms with Crippen LogP contribution in [0.2, 0.25) is 0 Å². The second-order valence-corrected chi connectivity index (χ2v) is 6.04. The van der Waals surface area contributed by atoms with Gasteiger partial charge in [-0.3, -0.25) is 9.59 Å². The summed E-state index contributed by atoms with van der Waals surface area (Å²) in [6.45, 7) is 0. The molecule has 1 aliphatic rings. The van der Waals surface area contributed by atoms with E-state index in [2.05, 4.69) is 5.32 Å². The molecule has 0 unspecified atom stereocenters. The fourth-order valence-electron chi connectivity index (χ4n) is 3.14. The number of carbonyl (C=O) groups excluding carboxylic acids is 2. The number of methoxy groups -OCH3 is 1. The Balaban J connectivity index is 1.93. The number of benzene rings is 2. The van der Waals surface area contributed by atoms with Crippen molar-refractivity contribution in [1.82, 2.24) is 0 Å². The Morgan fingerprint density at radius 3 is 2.54 bits per heavy atom. The van der Waals surface area contributed by atoms with Gasteiger partial charge < -0.3 is 10.1 Å². The summed E-state index contributed by atoms with van der Waals surface area (Å²) in [5.41, 5.74) is 1.33. The Morgan fingerprint density at radius 2 is 1.88 bits per heavy atom. The van der Waals surface area contributed by atoms with E-state index in [0.717, 1.165) is 17.7 Å². The summed E-state index contributed by atoms with van der Waals surface area (Å²) < 4.78 is 31.7. The molecule has 0 heterocycles. The van der Waals surface area contributed by atoms with Gasteiger partial charge in [-0.05, 0) is 24.1 Å². The maximum atomic E-state index is 13.9. The van der Waals surface area contributed by atoms with Crippen molar-refractivity contribution >= 4 is 17.4 Å². The number of carbonyl (C=O) groups is 2. The average molecular weight is 357 g/mol. The van der Waals surface area contributed by atoms with Gasteiger partial charge in [0.25, 0.3) is 0 Å². The molecule has 2 aromatic rings. The van der Waals surface area contributed by atoms with Crippen LogP contribution in [-0.2, 0) is 14.3 Å². The highest BCUT2D eigenvalue weighted by Crippen LogP contribution is 2.37. The third-order valence-electron chi connectivity index (χ3n) is 4.37. The first-order chi connectivity index (χ1) is 12.5. The molecule has 0 aromatic heterocycles. The van der Waals surface area contributed by atoms with Crippen molar-refractivity contribution in [3.05, 3.63) is 77.5 Å². The molecule has 134 valence electrons. The normalized spacial score (nSPS) is 19.7. The van der Waals surface area contributed by atoms with E-state index in [1.807, 2.05) is 30.3 Å². The van der Waals surface area contributed by atoms with Crippen LogP contribution in [0.4, 0.5) is 14.5 Å². The summed E-state index contributed by atoms with van der Waals surface area (Å²) >= 11 is 0. The summed E-state index contributed by atoms with van der Waals surface area (Å²) in [5, 5.41) is 2.83. The van der Waals surface area contributed by atoms with Crippen LogP contribution in [0.25, 0.3) is 0 Å². The van der Waals surface area contributed by atoms with Gasteiger partial charge in [-0.15, -0.1) is 0 Å². The third-order valence-corrected chi connectivity index (χ3v) is 4.37. The van der Waals surface area contributed by atoms with Crippen molar-refractivity contribution in [3.63, 3.8) is 0 Å². The lowest BCUT2D eigenvalue weighted by Gasteiger charge is -2.29. The minimum absolute atomic E-state index is 0.0637. The SMILES string of the molecule is COC(=O)[C@@H]1C(=O)C=C(Nc2ccc(F)cc2F)C[C@H]1c1ccccc1. The van der Waals surface area contributed by atoms with Crippen LogP contribution in [0.3, 0.4) is 0 Å². The monoisotopic (exact) mass is 357 g/mol. The largest absolute Gasteiger partial charge is 0.468 e. The molecular formula is C20H17F2NO3. The Labute approximate surface area is 149 Å². The molecular weight excluding hydrogens is 340 g/mol. The Morgan fingerprint density at radius 1 is 1.15 bits per heavy atom. The third kappa shape index (κ3) is 3.64. The molecule has 2 aromatic carbocycles. The number of anilines is 1. The van der Waals surface area contributed by atoms with E-state index in [0.29, 0.717) is 12.1 Å². The van der Waals surface area contributed by atoms with Gasteiger partial charge in [-0.25, -0.2) is 8.78 Å². The molecule has 1 N–H and O–H groups in total. The molecule has 26 heavy (non-hydrogen) atoms. The number of rotatable bonds is 4. The van der Waals surface area contributed by atoms with Crippen LogP contribution in [0, 0.1) is 17.6 Å². The molecule has 0 fully saturated rings. The van der Waals surface area contributed by atoms with E-state index in [9.17, 15) is 18.4 Å². The Kier molecular flexibility index (Phi) is 5.11. The van der Waals surface area contributed by atoms with Gasteiger partial charge in [0.1, 0.15) is 17.6 Å². The highest BCUT2D eigenvalue weighted by molar-refractivity contribution is 6.07. The van der Waals surface area contributed by atoms with Crippen LogP contribution >= 0.6 is 0 Å². The van der Waals surface area contributed by atoms with Crippen LogP contribution < -0.4 is 5.32 Å². The highest BCUT2D eigenvalue weighted by atomic mass is 19.1. The predicted molar refractivity (Wildman–Crippen MR) is 92.4 cm³/mol. The Bertz CT molecular complexity index is 865. The molecule has 3 rings (SSSR count). The summed E-state index contributed by atoms with van der Waals surface area (Å²) in [7, 11) is 1.24. The van der Waals surface area contributed by atoms with Crippen LogP contribution in [0.15, 0.2) is 60.3 Å². The maximum Gasteiger partial charge on any atom is 0.317 e. The number of halogens is 2. The Hall–Kier alpha value is -3.02. The van der Waals surface area contributed by atoms with Gasteiger partial charge in [0.15, 0.2) is 5.78 Å². The van der Waals surface area contributed by atoms with Crippen LogP contribution in [0.1, 0.15) is 17.9 Å². The van der Waals surface area contributed by atoms with E-state index in [1.54, 1.807) is 0 Å². The highest BCUT2D eigenvalue weighted by Gasteiger charge is 2.39. The minimum Gasteiger partial charge on any atom is -0.468 e. The van der Waals surface area contributed by atoms with Crippen LogP contribution in [-0.4, -0.2) is 18.9 Å². The zero-order chi connectivity index (χ0) is 18.7. The van der Waals surface area contributed by atoms with Crippen molar-refractivity contribution < 1.29 is 23.1 Å². The van der Waals surface area contributed by atoms with Crippen molar-refractivity contribution in [3.8, 4) is 0 Å². The zero-order valence-corrected chi connectivity index (χ0v) is 14.0. The van der Waals surface area contributed by atoms with E-state index in [-0.39, 0.29) is 5.69 Å². The van der Waals surface area contributed by atoms with Crippen molar-refractivity contribution in [1.29, 1.82) is 0 Å².